The topological polar surface area (TPSA) is 16.3 Å². The van der Waals surface area contributed by atoms with E-state index in [1.807, 2.05) is 0 Å². The van der Waals surface area contributed by atoms with Crippen LogP contribution in [0.15, 0.2) is 309 Å². The highest BCUT2D eigenvalue weighted by Gasteiger charge is 2.46. The maximum absolute atomic E-state index is 2.58. The van der Waals surface area contributed by atoms with Crippen LogP contribution in [-0.2, 0) is 0 Å². The van der Waals surface area contributed by atoms with Gasteiger partial charge in [0.05, 0.1) is 22.1 Å². The minimum atomic E-state index is -0.238. The molecule has 0 saturated heterocycles. The number of fused-ring (bicyclic) bond motifs is 10. The van der Waals surface area contributed by atoms with Gasteiger partial charge < -0.3 is 18.9 Å². The smallest absolute Gasteiger partial charge is 0.257 e. The van der Waals surface area contributed by atoms with E-state index >= 15 is 0 Å². The molecular weight excluding hydrogens is 1000 g/mol. The van der Waals surface area contributed by atoms with Crippen LogP contribution in [0.2, 0.25) is 0 Å². The lowest BCUT2D eigenvalue weighted by atomic mass is 9.32. The number of rotatable bonds is 8. The zero-order valence-electron chi connectivity index (χ0n) is 45.3. The third kappa shape index (κ3) is 7.34. The largest absolute Gasteiger partial charge is 0.311 e. The van der Waals surface area contributed by atoms with Crippen LogP contribution in [0, 0.1) is 0 Å². The standard InChI is InChI=1S/C78H51BN4/c1-7-22-52(23-8-1)56-40-44-66-62(48-56)63-49-57(53-24-9-2-10-25-53)41-45-67(63)82(66)74-38-20-36-72-77(74)79-76-70(80(72)60-30-15-5-16-31-60)34-19-35-71(76)81(61-32-17-6-18-33-61)73-37-21-39-75(78(73)79)83-68-46-42-58(54-26-11-3-12-27-54)50-64(68)65-51-59(43-47-69(65)83)55-28-13-4-14-29-55/h1-51H. The van der Waals surface area contributed by atoms with Crippen molar-refractivity contribution in [2.24, 2.45) is 0 Å². The Bertz CT molecular complexity index is 4510. The van der Waals surface area contributed by atoms with Crippen molar-refractivity contribution in [1.82, 2.24) is 9.13 Å². The average Bonchev–Trinajstić information content (AvgIpc) is 1.97. The number of aromatic nitrogens is 2. The molecule has 386 valence electrons. The first-order valence-electron chi connectivity index (χ1n) is 28.7. The Hall–Kier alpha value is -10.9. The normalized spacial score (nSPS) is 12.5. The van der Waals surface area contributed by atoms with Crippen LogP contribution in [0.4, 0.5) is 34.1 Å². The number of hydrogen-bond donors (Lipinski definition) is 0. The van der Waals surface area contributed by atoms with Crippen LogP contribution >= 0.6 is 0 Å². The maximum Gasteiger partial charge on any atom is 0.257 e. The maximum atomic E-state index is 2.58. The van der Waals surface area contributed by atoms with Crippen LogP contribution in [0.25, 0.3) is 99.5 Å². The molecule has 4 heterocycles. The first kappa shape index (κ1) is 47.0. The number of para-hydroxylation sites is 2. The van der Waals surface area contributed by atoms with E-state index in [4.69, 9.17) is 0 Å². The molecule has 0 bridgehead atoms. The predicted molar refractivity (Wildman–Crippen MR) is 351 cm³/mol. The van der Waals surface area contributed by atoms with Crippen molar-refractivity contribution in [3.63, 3.8) is 0 Å². The van der Waals surface area contributed by atoms with Gasteiger partial charge in [-0.3, -0.25) is 0 Å². The Morgan fingerprint density at radius 2 is 0.434 bits per heavy atom. The number of anilines is 6. The highest BCUT2D eigenvalue weighted by atomic mass is 15.2. The van der Waals surface area contributed by atoms with Gasteiger partial charge in [-0.25, -0.2) is 0 Å². The van der Waals surface area contributed by atoms with Gasteiger partial charge in [0.25, 0.3) is 6.71 Å². The molecule has 0 radical (unpaired) electrons. The quantitative estimate of drug-likeness (QED) is 0.141. The van der Waals surface area contributed by atoms with Crippen LogP contribution in [0.1, 0.15) is 0 Å². The van der Waals surface area contributed by atoms with E-state index in [0.29, 0.717) is 0 Å². The van der Waals surface area contributed by atoms with E-state index in [0.717, 1.165) is 67.6 Å². The summed E-state index contributed by atoms with van der Waals surface area (Å²) in [4.78, 5) is 5.05. The minimum absolute atomic E-state index is 0.238. The zero-order valence-corrected chi connectivity index (χ0v) is 45.3. The van der Waals surface area contributed by atoms with Gasteiger partial charge in [0.1, 0.15) is 0 Å². The third-order valence-electron chi connectivity index (χ3n) is 17.5. The summed E-state index contributed by atoms with van der Waals surface area (Å²) in [5, 5.41) is 4.85. The number of hydrogen-bond acceptors (Lipinski definition) is 2. The second-order valence-corrected chi connectivity index (χ2v) is 22.0. The number of benzene rings is 13. The van der Waals surface area contributed by atoms with Crippen molar-refractivity contribution in [3.05, 3.63) is 309 Å². The van der Waals surface area contributed by atoms with E-state index in [2.05, 4.69) is 328 Å². The van der Waals surface area contributed by atoms with Crippen LogP contribution < -0.4 is 26.2 Å². The van der Waals surface area contributed by atoms with Gasteiger partial charge in [-0.1, -0.05) is 200 Å². The molecule has 17 rings (SSSR count). The molecule has 0 spiro atoms. The molecule has 0 saturated carbocycles. The first-order valence-corrected chi connectivity index (χ1v) is 28.7. The molecule has 15 aromatic rings. The highest BCUT2D eigenvalue weighted by molar-refractivity contribution is 7.01. The van der Waals surface area contributed by atoms with Gasteiger partial charge in [-0.05, 0) is 170 Å². The molecule has 13 aromatic carbocycles. The minimum Gasteiger partial charge on any atom is -0.311 e. The molecule has 2 aliphatic rings. The monoisotopic (exact) mass is 1050 g/mol. The average molecular weight is 1060 g/mol. The Morgan fingerprint density at radius 3 is 0.711 bits per heavy atom. The SMILES string of the molecule is c1ccc(-c2ccc3c(c2)c2cc(-c4ccccc4)ccc2n3-c2cccc3c2B2c4c(cccc4N(c4ccccc4)c4cccc(-n5c6ccc(-c7ccccc7)cc6c6cc(-c7ccccc7)ccc65)c42)N3c2ccccc2)cc1. The van der Waals surface area contributed by atoms with Crippen LogP contribution in [0.3, 0.4) is 0 Å². The van der Waals surface area contributed by atoms with Crippen LogP contribution in [0.5, 0.6) is 0 Å². The summed E-state index contributed by atoms with van der Waals surface area (Å²) in [6.45, 7) is -0.238. The van der Waals surface area contributed by atoms with Gasteiger partial charge >= 0.3 is 0 Å². The Morgan fingerprint density at radius 1 is 0.193 bits per heavy atom. The molecular formula is C78H51BN4. The molecule has 0 aliphatic carbocycles. The molecule has 0 amide bonds. The summed E-state index contributed by atoms with van der Waals surface area (Å²) >= 11 is 0. The van der Waals surface area contributed by atoms with Gasteiger partial charge in [0.15, 0.2) is 0 Å². The van der Waals surface area contributed by atoms with Crippen molar-refractivity contribution in [1.29, 1.82) is 0 Å². The molecule has 0 unspecified atom stereocenters. The molecule has 0 N–H and O–H groups in total. The van der Waals surface area contributed by atoms with Gasteiger partial charge in [0.2, 0.25) is 0 Å². The lowest BCUT2D eigenvalue weighted by Crippen LogP contribution is -2.63. The van der Waals surface area contributed by atoms with Gasteiger partial charge in [-0.2, -0.15) is 0 Å². The van der Waals surface area contributed by atoms with Crippen molar-refractivity contribution in [3.8, 4) is 55.9 Å². The van der Waals surface area contributed by atoms with E-state index in [-0.39, 0.29) is 6.71 Å². The van der Waals surface area contributed by atoms with Gasteiger partial charge in [-0.15, -0.1) is 0 Å². The lowest BCUT2D eigenvalue weighted by Gasteiger charge is -2.45. The Kier molecular flexibility index (Phi) is 10.7. The molecule has 4 nitrogen and oxygen atoms in total. The molecule has 2 aliphatic heterocycles. The van der Waals surface area contributed by atoms with Crippen molar-refractivity contribution in [2.45, 2.75) is 0 Å². The second kappa shape index (κ2) is 18.9. The van der Waals surface area contributed by atoms with Gasteiger partial charge in [0, 0.05) is 67.0 Å². The van der Waals surface area contributed by atoms with E-state index in [1.54, 1.807) is 0 Å². The molecule has 0 fully saturated rings. The van der Waals surface area contributed by atoms with Crippen molar-refractivity contribution in [2.75, 3.05) is 9.80 Å². The van der Waals surface area contributed by atoms with E-state index in [9.17, 15) is 0 Å². The summed E-state index contributed by atoms with van der Waals surface area (Å²) in [6.07, 6.45) is 0. The number of nitrogens with zero attached hydrogens (tertiary/aromatic N) is 4. The van der Waals surface area contributed by atoms with Crippen molar-refractivity contribution >= 4 is 101 Å². The summed E-state index contributed by atoms with van der Waals surface area (Å²) in [5.74, 6) is 0. The fourth-order valence-electron chi connectivity index (χ4n) is 13.9. The highest BCUT2D eigenvalue weighted by Crippen LogP contribution is 2.47. The molecule has 2 aromatic heterocycles. The van der Waals surface area contributed by atoms with E-state index < -0.39 is 0 Å². The first-order chi connectivity index (χ1) is 41.2. The summed E-state index contributed by atoms with van der Waals surface area (Å²) in [5.41, 5.74) is 27.0. The zero-order chi connectivity index (χ0) is 54.5. The predicted octanol–water partition coefficient (Wildman–Crippen LogP) is 18.6. The summed E-state index contributed by atoms with van der Waals surface area (Å²) < 4.78 is 5.15. The van der Waals surface area contributed by atoms with E-state index in [1.165, 1.54) is 82.4 Å². The Labute approximate surface area is 482 Å². The fourth-order valence-corrected chi connectivity index (χ4v) is 13.9. The molecule has 5 heteroatoms. The lowest BCUT2D eigenvalue weighted by molar-refractivity contribution is 1.17. The summed E-state index contributed by atoms with van der Waals surface area (Å²) in [6, 6.07) is 114. The second-order valence-electron chi connectivity index (χ2n) is 22.0. The summed E-state index contributed by atoms with van der Waals surface area (Å²) in [7, 11) is 0. The third-order valence-corrected chi connectivity index (χ3v) is 17.5. The Balaban J connectivity index is 0.997. The van der Waals surface area contributed by atoms with Crippen molar-refractivity contribution < 1.29 is 0 Å². The fraction of sp³-hybridized carbons (Fsp3) is 0. The van der Waals surface area contributed by atoms with Crippen LogP contribution in [-0.4, -0.2) is 15.8 Å². The molecule has 83 heavy (non-hydrogen) atoms. The molecule has 0 atom stereocenters.